The number of aliphatic hydroxyl groups excluding tert-OH is 1. The number of unbranched alkanes of at least 4 members (excludes halogenated alkanes) is 3. The number of pyridine rings is 1. The number of nitrogen functional groups attached to an aromatic ring is 1. The Morgan fingerprint density at radius 1 is 1.39 bits per heavy atom. The average molecular weight is 317 g/mol. The normalized spacial score (nSPS) is 10.3. The molecule has 6 heteroatoms. The van der Waals surface area contributed by atoms with Crippen LogP contribution in [0.5, 0.6) is 0 Å². The van der Waals surface area contributed by atoms with E-state index in [1.807, 2.05) is 0 Å². The van der Waals surface area contributed by atoms with Gasteiger partial charge in [-0.1, -0.05) is 6.42 Å². The number of hydrogen-bond acceptors (Lipinski definition) is 5. The molecule has 0 aliphatic rings. The molecule has 100 valence electrons. The van der Waals surface area contributed by atoms with Gasteiger partial charge in [-0.15, -0.1) is 0 Å². The van der Waals surface area contributed by atoms with Gasteiger partial charge in [0, 0.05) is 12.8 Å². The summed E-state index contributed by atoms with van der Waals surface area (Å²) in [7, 11) is 0. The monoisotopic (exact) mass is 316 g/mol. The second-order valence-electron chi connectivity index (χ2n) is 3.86. The van der Waals surface area contributed by atoms with Gasteiger partial charge in [0.25, 0.3) is 0 Å². The molecule has 0 aromatic carbocycles. The zero-order chi connectivity index (χ0) is 13.4. The number of nitrogens with two attached hydrogens (primary N) is 1. The van der Waals surface area contributed by atoms with E-state index in [1.165, 1.54) is 12.3 Å². The quantitative estimate of drug-likeness (QED) is 0.594. The number of carbonyl (C=O) groups excluding carboxylic acids is 1. The van der Waals surface area contributed by atoms with Gasteiger partial charge in [-0.05, 0) is 41.3 Å². The molecule has 0 spiro atoms. The SMILES string of the molecule is Nc1cc(C(=O)OCCCCCCO)c(Br)cn1. The molecule has 3 N–H and O–H groups in total. The van der Waals surface area contributed by atoms with Crippen LogP contribution in [0.1, 0.15) is 36.0 Å². The first kappa shape index (κ1) is 14.9. The molecular weight excluding hydrogens is 300 g/mol. The highest BCUT2D eigenvalue weighted by molar-refractivity contribution is 9.10. The summed E-state index contributed by atoms with van der Waals surface area (Å²) >= 11 is 3.23. The van der Waals surface area contributed by atoms with E-state index in [4.69, 9.17) is 15.6 Å². The van der Waals surface area contributed by atoms with Crippen LogP contribution in [-0.4, -0.2) is 29.3 Å². The van der Waals surface area contributed by atoms with Crippen LogP contribution in [0, 0.1) is 0 Å². The number of aliphatic hydroxyl groups is 1. The number of nitrogens with zero attached hydrogens (tertiary/aromatic N) is 1. The minimum absolute atomic E-state index is 0.211. The summed E-state index contributed by atoms with van der Waals surface area (Å²) in [5, 5.41) is 8.61. The maximum absolute atomic E-state index is 11.7. The van der Waals surface area contributed by atoms with Crippen LogP contribution < -0.4 is 5.73 Å². The molecule has 0 radical (unpaired) electrons. The van der Waals surface area contributed by atoms with Crippen molar-refractivity contribution in [2.75, 3.05) is 18.9 Å². The lowest BCUT2D eigenvalue weighted by atomic mass is 10.2. The van der Waals surface area contributed by atoms with Gasteiger partial charge in [0.1, 0.15) is 5.82 Å². The highest BCUT2D eigenvalue weighted by Gasteiger charge is 2.12. The summed E-state index contributed by atoms with van der Waals surface area (Å²) in [5.74, 6) is -0.119. The summed E-state index contributed by atoms with van der Waals surface area (Å²) in [5.41, 5.74) is 5.90. The summed E-state index contributed by atoms with van der Waals surface area (Å²) in [6, 6.07) is 1.48. The molecule has 1 aromatic heterocycles. The van der Waals surface area contributed by atoms with Crippen LogP contribution in [0.15, 0.2) is 16.7 Å². The lowest BCUT2D eigenvalue weighted by Gasteiger charge is -2.06. The van der Waals surface area contributed by atoms with Crippen molar-refractivity contribution in [3.05, 3.63) is 22.3 Å². The third kappa shape index (κ3) is 5.01. The number of carbonyl (C=O) groups is 1. The van der Waals surface area contributed by atoms with E-state index in [0.29, 0.717) is 16.6 Å². The fraction of sp³-hybridized carbons (Fsp3) is 0.500. The standard InChI is InChI=1S/C12H17BrN2O3/c13-10-8-15-11(14)7-9(10)12(17)18-6-4-2-1-3-5-16/h7-8,16H,1-6H2,(H2,14,15). The second kappa shape index (κ2) is 8.05. The molecule has 0 fully saturated rings. The third-order valence-electron chi connectivity index (χ3n) is 2.38. The predicted molar refractivity (Wildman–Crippen MR) is 72.2 cm³/mol. The van der Waals surface area contributed by atoms with E-state index in [2.05, 4.69) is 20.9 Å². The first-order valence-electron chi connectivity index (χ1n) is 5.84. The van der Waals surface area contributed by atoms with Gasteiger partial charge in [0.2, 0.25) is 0 Å². The number of esters is 1. The van der Waals surface area contributed by atoms with Crippen molar-refractivity contribution < 1.29 is 14.6 Å². The van der Waals surface area contributed by atoms with E-state index < -0.39 is 5.97 Å². The van der Waals surface area contributed by atoms with E-state index in [9.17, 15) is 4.79 Å². The first-order valence-corrected chi connectivity index (χ1v) is 6.63. The van der Waals surface area contributed by atoms with E-state index in [0.717, 1.165) is 25.7 Å². The van der Waals surface area contributed by atoms with Crippen LogP contribution in [0.3, 0.4) is 0 Å². The summed E-state index contributed by atoms with van der Waals surface area (Å²) in [6.45, 7) is 0.585. The average Bonchev–Trinajstić information content (AvgIpc) is 2.36. The molecule has 0 unspecified atom stereocenters. The summed E-state index contributed by atoms with van der Waals surface area (Å²) in [4.78, 5) is 15.6. The molecule has 0 amide bonds. The fourth-order valence-electron chi connectivity index (χ4n) is 1.42. The Bertz CT molecular complexity index is 399. The van der Waals surface area contributed by atoms with Crippen LogP contribution in [0.25, 0.3) is 0 Å². The smallest absolute Gasteiger partial charge is 0.339 e. The van der Waals surface area contributed by atoms with Crippen molar-refractivity contribution in [2.45, 2.75) is 25.7 Å². The van der Waals surface area contributed by atoms with Crippen LogP contribution in [-0.2, 0) is 4.74 Å². The lowest BCUT2D eigenvalue weighted by Crippen LogP contribution is -2.08. The van der Waals surface area contributed by atoms with Gasteiger partial charge in [0.15, 0.2) is 0 Å². The van der Waals surface area contributed by atoms with Crippen molar-refractivity contribution in [3.63, 3.8) is 0 Å². The predicted octanol–water partition coefficient (Wildman–Crippen LogP) is 2.14. The first-order chi connectivity index (χ1) is 8.65. The third-order valence-corrected chi connectivity index (χ3v) is 3.01. The summed E-state index contributed by atoms with van der Waals surface area (Å²) in [6.07, 6.45) is 4.95. The number of rotatable bonds is 7. The van der Waals surface area contributed by atoms with Gasteiger partial charge >= 0.3 is 5.97 Å². The molecule has 0 saturated carbocycles. The van der Waals surface area contributed by atoms with Gasteiger partial charge in [-0.25, -0.2) is 9.78 Å². The minimum Gasteiger partial charge on any atom is -0.462 e. The Balaban J connectivity index is 2.34. The second-order valence-corrected chi connectivity index (χ2v) is 4.72. The van der Waals surface area contributed by atoms with Gasteiger partial charge in [-0.2, -0.15) is 0 Å². The molecule has 1 rings (SSSR count). The molecule has 0 saturated heterocycles. The minimum atomic E-state index is -0.405. The number of ether oxygens (including phenoxy) is 1. The molecule has 0 bridgehead atoms. The maximum atomic E-state index is 11.7. The van der Waals surface area contributed by atoms with Crippen molar-refractivity contribution in [1.29, 1.82) is 0 Å². The highest BCUT2D eigenvalue weighted by Crippen LogP contribution is 2.18. The lowest BCUT2D eigenvalue weighted by molar-refractivity contribution is 0.0496. The van der Waals surface area contributed by atoms with Gasteiger partial charge in [-0.3, -0.25) is 0 Å². The van der Waals surface area contributed by atoms with Crippen molar-refractivity contribution in [3.8, 4) is 0 Å². The molecule has 0 aliphatic heterocycles. The zero-order valence-corrected chi connectivity index (χ0v) is 11.6. The maximum Gasteiger partial charge on any atom is 0.339 e. The Morgan fingerprint density at radius 2 is 2.11 bits per heavy atom. The van der Waals surface area contributed by atoms with E-state index in [-0.39, 0.29) is 12.4 Å². The Kier molecular flexibility index (Phi) is 6.67. The molecular formula is C12H17BrN2O3. The Hall–Kier alpha value is -1.14. The Labute approximate surface area is 114 Å². The number of anilines is 1. The Morgan fingerprint density at radius 3 is 2.83 bits per heavy atom. The number of aromatic nitrogens is 1. The number of halogens is 1. The van der Waals surface area contributed by atoms with Gasteiger partial charge < -0.3 is 15.6 Å². The highest BCUT2D eigenvalue weighted by atomic mass is 79.9. The van der Waals surface area contributed by atoms with Gasteiger partial charge in [0.05, 0.1) is 16.6 Å². The van der Waals surface area contributed by atoms with E-state index in [1.54, 1.807) is 0 Å². The van der Waals surface area contributed by atoms with Crippen molar-refractivity contribution in [1.82, 2.24) is 4.98 Å². The largest absolute Gasteiger partial charge is 0.462 e. The van der Waals surface area contributed by atoms with Crippen LogP contribution >= 0.6 is 15.9 Å². The molecule has 1 aromatic rings. The summed E-state index contributed by atoms with van der Waals surface area (Å²) < 4.78 is 5.70. The fourth-order valence-corrected chi connectivity index (χ4v) is 1.80. The molecule has 5 nitrogen and oxygen atoms in total. The topological polar surface area (TPSA) is 85.4 Å². The van der Waals surface area contributed by atoms with E-state index >= 15 is 0 Å². The van der Waals surface area contributed by atoms with Crippen molar-refractivity contribution >= 4 is 27.7 Å². The molecule has 18 heavy (non-hydrogen) atoms. The number of hydrogen-bond donors (Lipinski definition) is 2. The zero-order valence-electron chi connectivity index (χ0n) is 10.1. The van der Waals surface area contributed by atoms with Crippen LogP contribution in [0.2, 0.25) is 0 Å². The van der Waals surface area contributed by atoms with Crippen molar-refractivity contribution in [2.24, 2.45) is 0 Å². The molecule has 0 atom stereocenters. The molecule has 1 heterocycles. The molecule has 0 aliphatic carbocycles. The van der Waals surface area contributed by atoms with Crippen LogP contribution in [0.4, 0.5) is 5.82 Å².